The fourth-order valence-electron chi connectivity index (χ4n) is 1.88. The number of hydrogen-bond acceptors (Lipinski definition) is 2. The van der Waals surface area contributed by atoms with Crippen LogP contribution in [0.15, 0.2) is 30.3 Å². The summed E-state index contributed by atoms with van der Waals surface area (Å²) in [6, 6.07) is 4.16. The van der Waals surface area contributed by atoms with Crippen molar-refractivity contribution in [2.75, 3.05) is 6.61 Å². The molecule has 1 atom stereocenters. The van der Waals surface area contributed by atoms with Gasteiger partial charge >= 0.3 is 12.2 Å². The van der Waals surface area contributed by atoms with E-state index >= 15 is 0 Å². The zero-order valence-corrected chi connectivity index (χ0v) is 10.6. The summed E-state index contributed by atoms with van der Waals surface area (Å²) in [4.78, 5) is 11.7. The lowest BCUT2D eigenvalue weighted by atomic mass is 10.1. The number of benzene rings is 1. The van der Waals surface area contributed by atoms with Crippen molar-refractivity contribution in [3.8, 4) is 0 Å². The lowest BCUT2D eigenvalue weighted by Gasteiger charge is -2.24. The summed E-state index contributed by atoms with van der Waals surface area (Å²) in [5, 5.41) is 13.4. The maximum absolute atomic E-state index is 13.0. The highest BCUT2D eigenvalue weighted by atomic mass is 19.4. The first-order valence-electron chi connectivity index (χ1n) is 6.17. The van der Waals surface area contributed by atoms with Gasteiger partial charge in [-0.3, -0.25) is 0 Å². The van der Waals surface area contributed by atoms with Gasteiger partial charge in [0.1, 0.15) is 0 Å². The van der Waals surface area contributed by atoms with Gasteiger partial charge < -0.3 is 15.7 Å². The Morgan fingerprint density at radius 2 is 1.90 bits per heavy atom. The summed E-state index contributed by atoms with van der Waals surface area (Å²) < 4.78 is 39.0. The van der Waals surface area contributed by atoms with Gasteiger partial charge in [-0.15, -0.1) is 0 Å². The summed E-state index contributed by atoms with van der Waals surface area (Å²) in [5.74, 6) is 0. The Morgan fingerprint density at radius 3 is 2.35 bits per heavy atom. The molecular formula is C13H15F3N2O2. The highest BCUT2D eigenvalue weighted by Gasteiger charge is 2.46. The molecule has 1 aromatic rings. The van der Waals surface area contributed by atoms with Gasteiger partial charge in [-0.1, -0.05) is 30.3 Å². The van der Waals surface area contributed by atoms with Gasteiger partial charge in [0.2, 0.25) is 0 Å². The van der Waals surface area contributed by atoms with Crippen LogP contribution in [-0.4, -0.2) is 29.5 Å². The fraction of sp³-hybridized carbons (Fsp3) is 0.462. The lowest BCUT2D eigenvalue weighted by molar-refractivity contribution is -0.155. The smallest absolute Gasteiger partial charge is 0.394 e. The van der Waals surface area contributed by atoms with Crippen LogP contribution < -0.4 is 10.6 Å². The van der Waals surface area contributed by atoms with Crippen LogP contribution in [-0.2, 0) is 0 Å². The number of aliphatic hydroxyl groups excluding tert-OH is 1. The number of amides is 2. The van der Waals surface area contributed by atoms with Gasteiger partial charge in [0.15, 0.2) is 6.04 Å². The number of aliphatic hydroxyl groups is 1. The molecule has 4 nitrogen and oxygen atoms in total. The first kappa shape index (κ1) is 14.6. The average molecular weight is 288 g/mol. The van der Waals surface area contributed by atoms with Crippen molar-refractivity contribution in [3.63, 3.8) is 0 Å². The Bertz CT molecular complexity index is 472. The highest BCUT2D eigenvalue weighted by Crippen LogP contribution is 2.35. The van der Waals surface area contributed by atoms with Crippen LogP contribution in [0.25, 0.3) is 0 Å². The van der Waals surface area contributed by atoms with E-state index in [1.165, 1.54) is 24.3 Å². The number of alkyl halides is 3. The number of rotatable bonds is 4. The van der Waals surface area contributed by atoms with Crippen LogP contribution in [0, 0.1) is 0 Å². The molecule has 2 rings (SSSR count). The van der Waals surface area contributed by atoms with Crippen LogP contribution >= 0.6 is 0 Å². The average Bonchev–Trinajstić information content (AvgIpc) is 3.16. The molecular weight excluding hydrogens is 273 g/mol. The fourth-order valence-corrected chi connectivity index (χ4v) is 1.88. The van der Waals surface area contributed by atoms with Crippen LogP contribution in [0.2, 0.25) is 0 Å². The molecule has 7 heteroatoms. The molecule has 0 unspecified atom stereocenters. The minimum Gasteiger partial charge on any atom is -0.394 e. The summed E-state index contributed by atoms with van der Waals surface area (Å²) in [7, 11) is 0. The predicted molar refractivity (Wildman–Crippen MR) is 66.0 cm³/mol. The molecule has 0 radical (unpaired) electrons. The summed E-state index contributed by atoms with van der Waals surface area (Å²) in [6.45, 7) is -0.275. The van der Waals surface area contributed by atoms with Gasteiger partial charge in [-0.25, -0.2) is 4.79 Å². The Kier molecular flexibility index (Phi) is 3.89. The molecule has 20 heavy (non-hydrogen) atoms. The number of halogens is 3. The van der Waals surface area contributed by atoms with Crippen molar-refractivity contribution in [1.82, 2.24) is 10.6 Å². The third-order valence-corrected chi connectivity index (χ3v) is 3.27. The third kappa shape index (κ3) is 3.41. The minimum atomic E-state index is -4.59. The standard InChI is InChI=1S/C13H15F3N2O2/c14-13(15,16)10(9-4-2-1-3-5-9)17-11(20)18-12(8-19)6-7-12/h1-5,10,19H,6-8H2,(H2,17,18,20)/t10-/m1/s1. The molecule has 0 aromatic heterocycles. The molecule has 1 aliphatic rings. The highest BCUT2D eigenvalue weighted by molar-refractivity contribution is 5.76. The Balaban J connectivity index is 2.07. The van der Waals surface area contributed by atoms with Crippen molar-refractivity contribution < 1.29 is 23.1 Å². The molecule has 1 fully saturated rings. The lowest BCUT2D eigenvalue weighted by Crippen LogP contribution is -2.49. The summed E-state index contributed by atoms with van der Waals surface area (Å²) in [6.07, 6.45) is -3.45. The first-order valence-corrected chi connectivity index (χ1v) is 6.17. The third-order valence-electron chi connectivity index (χ3n) is 3.27. The van der Waals surface area contributed by atoms with E-state index in [9.17, 15) is 18.0 Å². The molecule has 110 valence electrons. The Labute approximate surface area is 114 Å². The van der Waals surface area contributed by atoms with E-state index in [-0.39, 0.29) is 12.2 Å². The molecule has 3 N–H and O–H groups in total. The Morgan fingerprint density at radius 1 is 1.30 bits per heavy atom. The number of nitrogens with one attached hydrogen (secondary N) is 2. The normalized spacial score (nSPS) is 18.2. The van der Waals surface area contributed by atoms with Gasteiger partial charge in [-0.2, -0.15) is 13.2 Å². The van der Waals surface area contributed by atoms with Crippen LogP contribution in [0.1, 0.15) is 24.4 Å². The molecule has 2 amide bonds. The maximum Gasteiger partial charge on any atom is 0.412 e. The summed E-state index contributed by atoms with van der Waals surface area (Å²) >= 11 is 0. The quantitative estimate of drug-likeness (QED) is 0.794. The number of urea groups is 1. The first-order chi connectivity index (χ1) is 9.36. The molecule has 0 heterocycles. The van der Waals surface area contributed by atoms with Crippen molar-refractivity contribution >= 4 is 6.03 Å². The van der Waals surface area contributed by atoms with Crippen LogP contribution in [0.5, 0.6) is 0 Å². The predicted octanol–water partition coefficient (Wildman–Crippen LogP) is 2.11. The monoisotopic (exact) mass is 288 g/mol. The second-order valence-electron chi connectivity index (χ2n) is 4.92. The molecule has 1 aromatic carbocycles. The van der Waals surface area contributed by atoms with Crippen molar-refractivity contribution in [2.24, 2.45) is 0 Å². The topological polar surface area (TPSA) is 61.4 Å². The van der Waals surface area contributed by atoms with Crippen molar-refractivity contribution in [2.45, 2.75) is 30.6 Å². The van der Waals surface area contributed by atoms with E-state index in [1.807, 2.05) is 5.32 Å². The SMILES string of the molecule is O=C(N[C@H](c1ccccc1)C(F)(F)F)NC1(CO)CC1. The maximum atomic E-state index is 13.0. The number of carbonyl (C=O) groups excluding carboxylic acids is 1. The second-order valence-corrected chi connectivity index (χ2v) is 4.92. The Hall–Kier alpha value is -1.76. The molecule has 0 saturated heterocycles. The van der Waals surface area contributed by atoms with Gasteiger partial charge in [0, 0.05) is 0 Å². The minimum absolute atomic E-state index is 0.0380. The number of hydrogen-bond donors (Lipinski definition) is 3. The molecule has 1 aliphatic carbocycles. The zero-order valence-electron chi connectivity index (χ0n) is 10.6. The van der Waals surface area contributed by atoms with E-state index in [0.29, 0.717) is 12.8 Å². The van der Waals surface area contributed by atoms with Gasteiger partial charge in [0.05, 0.1) is 12.1 Å². The van der Waals surface area contributed by atoms with Crippen molar-refractivity contribution in [1.29, 1.82) is 0 Å². The number of carbonyl (C=O) groups is 1. The van der Waals surface area contributed by atoms with E-state index in [0.717, 1.165) is 0 Å². The zero-order chi connectivity index (χ0) is 14.8. The largest absolute Gasteiger partial charge is 0.412 e. The molecule has 0 spiro atoms. The van der Waals surface area contributed by atoms with E-state index < -0.39 is 23.8 Å². The molecule has 1 saturated carbocycles. The van der Waals surface area contributed by atoms with Crippen molar-refractivity contribution in [3.05, 3.63) is 35.9 Å². The van der Waals surface area contributed by atoms with Gasteiger partial charge in [0.25, 0.3) is 0 Å². The van der Waals surface area contributed by atoms with E-state index in [4.69, 9.17) is 5.11 Å². The molecule has 0 aliphatic heterocycles. The van der Waals surface area contributed by atoms with E-state index in [2.05, 4.69) is 5.32 Å². The van der Waals surface area contributed by atoms with Gasteiger partial charge in [-0.05, 0) is 18.4 Å². The second kappa shape index (κ2) is 5.32. The van der Waals surface area contributed by atoms with E-state index in [1.54, 1.807) is 6.07 Å². The van der Waals surface area contributed by atoms with Crippen LogP contribution in [0.4, 0.5) is 18.0 Å². The molecule has 0 bridgehead atoms. The summed E-state index contributed by atoms with van der Waals surface area (Å²) in [5.41, 5.74) is -0.791. The van der Waals surface area contributed by atoms with Crippen LogP contribution in [0.3, 0.4) is 0 Å².